The summed E-state index contributed by atoms with van der Waals surface area (Å²) in [6.07, 6.45) is -1.16. The maximum atomic E-state index is 11.1. The van der Waals surface area contributed by atoms with Crippen molar-refractivity contribution in [3.63, 3.8) is 0 Å². The van der Waals surface area contributed by atoms with Gasteiger partial charge in [0.25, 0.3) is 0 Å². The lowest BCUT2D eigenvalue weighted by atomic mass is 10.3. The number of carbonyl (C=O) groups is 3. The number of rotatable bonds is 3. The number of hydrogen-bond acceptors (Lipinski definition) is 5. The van der Waals surface area contributed by atoms with Crippen molar-refractivity contribution in [1.82, 2.24) is 4.90 Å². The van der Waals surface area contributed by atoms with Crippen molar-refractivity contribution in [3.8, 4) is 0 Å². The van der Waals surface area contributed by atoms with Crippen LogP contribution in [0.1, 0.15) is 12.8 Å². The Hall–Kier alpha value is -1.43. The molecule has 6 nitrogen and oxygen atoms in total. The highest BCUT2D eigenvalue weighted by Gasteiger charge is 2.32. The maximum absolute atomic E-state index is 11.1. The Morgan fingerprint density at radius 1 is 1.50 bits per heavy atom. The smallest absolute Gasteiger partial charge is 0.336 e. The first-order valence-electron chi connectivity index (χ1n) is 4.15. The van der Waals surface area contributed by atoms with Crippen molar-refractivity contribution in [2.45, 2.75) is 18.9 Å². The van der Waals surface area contributed by atoms with Crippen LogP contribution in [0.2, 0.25) is 0 Å². The molecule has 1 unspecified atom stereocenters. The van der Waals surface area contributed by atoms with Gasteiger partial charge in [0.15, 0.2) is 6.10 Å². The molecule has 6 heteroatoms. The first kappa shape index (κ1) is 10.6. The molecular weight excluding hydrogens is 190 g/mol. The average molecular weight is 201 g/mol. The minimum absolute atomic E-state index is 0.146. The van der Waals surface area contributed by atoms with Crippen molar-refractivity contribution >= 4 is 17.8 Å². The predicted octanol–water partition coefficient (Wildman–Crippen LogP) is -1.33. The van der Waals surface area contributed by atoms with Gasteiger partial charge >= 0.3 is 5.97 Å². The second-order valence-electron chi connectivity index (χ2n) is 2.94. The largest absolute Gasteiger partial charge is 0.467 e. The Labute approximate surface area is 80.4 Å². The molecule has 1 rings (SSSR count). The second-order valence-corrected chi connectivity index (χ2v) is 2.94. The van der Waals surface area contributed by atoms with E-state index >= 15 is 0 Å². The summed E-state index contributed by atoms with van der Waals surface area (Å²) in [6, 6.07) is 0. The fraction of sp³-hybridized carbons (Fsp3) is 0.625. The van der Waals surface area contributed by atoms with Crippen LogP contribution in [-0.2, 0) is 19.1 Å². The van der Waals surface area contributed by atoms with Crippen molar-refractivity contribution in [2.24, 2.45) is 0 Å². The number of β-amino-alcohol motifs (C(OH)–C–C–N with tert-alkyl or cyclic N) is 1. The van der Waals surface area contributed by atoms with Crippen LogP contribution in [0.5, 0.6) is 0 Å². The summed E-state index contributed by atoms with van der Waals surface area (Å²) in [5, 5.41) is 9.19. The number of nitrogens with zero attached hydrogens (tertiary/aromatic N) is 1. The fourth-order valence-corrected chi connectivity index (χ4v) is 1.21. The summed E-state index contributed by atoms with van der Waals surface area (Å²) in [4.78, 5) is 33.8. The van der Waals surface area contributed by atoms with E-state index < -0.39 is 12.1 Å². The Kier molecular flexibility index (Phi) is 3.19. The fourth-order valence-electron chi connectivity index (χ4n) is 1.21. The van der Waals surface area contributed by atoms with Gasteiger partial charge in [-0.1, -0.05) is 0 Å². The zero-order chi connectivity index (χ0) is 10.7. The van der Waals surface area contributed by atoms with E-state index in [1.165, 1.54) is 0 Å². The first-order chi connectivity index (χ1) is 6.56. The number of aliphatic hydroxyl groups is 1. The minimum atomic E-state index is -1.45. The van der Waals surface area contributed by atoms with Crippen LogP contribution < -0.4 is 0 Å². The average Bonchev–Trinajstić information content (AvgIpc) is 2.48. The summed E-state index contributed by atoms with van der Waals surface area (Å²) < 4.78 is 4.25. The molecule has 0 spiro atoms. The molecular formula is C8H11NO5. The quantitative estimate of drug-likeness (QED) is 0.451. The van der Waals surface area contributed by atoms with Crippen LogP contribution in [0.4, 0.5) is 0 Å². The van der Waals surface area contributed by atoms with Crippen molar-refractivity contribution in [2.75, 3.05) is 13.7 Å². The topological polar surface area (TPSA) is 83.9 Å². The summed E-state index contributed by atoms with van der Waals surface area (Å²) >= 11 is 0. The van der Waals surface area contributed by atoms with Gasteiger partial charge in [0.1, 0.15) is 0 Å². The Bertz CT molecular complexity index is 259. The van der Waals surface area contributed by atoms with Crippen molar-refractivity contribution < 1.29 is 24.2 Å². The van der Waals surface area contributed by atoms with E-state index in [0.29, 0.717) is 0 Å². The van der Waals surface area contributed by atoms with Gasteiger partial charge in [0.2, 0.25) is 11.8 Å². The van der Waals surface area contributed by atoms with Gasteiger partial charge in [-0.05, 0) is 0 Å². The number of likely N-dealkylation sites (tertiary alicyclic amines) is 1. The molecule has 1 aliphatic heterocycles. The third kappa shape index (κ3) is 2.08. The van der Waals surface area contributed by atoms with Crippen LogP contribution in [0.3, 0.4) is 0 Å². The molecule has 0 bridgehead atoms. The van der Waals surface area contributed by atoms with E-state index in [9.17, 15) is 19.5 Å². The molecule has 0 aliphatic carbocycles. The maximum Gasteiger partial charge on any atom is 0.336 e. The van der Waals surface area contributed by atoms with Crippen LogP contribution in [0, 0.1) is 0 Å². The lowest BCUT2D eigenvalue weighted by Crippen LogP contribution is -2.40. The molecule has 2 amide bonds. The van der Waals surface area contributed by atoms with Crippen molar-refractivity contribution in [3.05, 3.63) is 0 Å². The first-order valence-corrected chi connectivity index (χ1v) is 4.15. The zero-order valence-corrected chi connectivity index (χ0v) is 7.73. The van der Waals surface area contributed by atoms with Gasteiger partial charge in [-0.2, -0.15) is 0 Å². The van der Waals surface area contributed by atoms with Gasteiger partial charge in [-0.3, -0.25) is 14.5 Å². The van der Waals surface area contributed by atoms with Crippen LogP contribution in [0.15, 0.2) is 0 Å². The molecule has 0 aromatic heterocycles. The Morgan fingerprint density at radius 3 is 2.43 bits per heavy atom. The van der Waals surface area contributed by atoms with Gasteiger partial charge in [-0.25, -0.2) is 4.79 Å². The molecule has 0 aromatic carbocycles. The number of amides is 2. The molecule has 0 saturated carbocycles. The molecule has 1 atom stereocenters. The highest BCUT2D eigenvalue weighted by molar-refractivity contribution is 6.02. The SMILES string of the molecule is COC(=O)C(O)CN1C(=O)CCC1=O. The normalized spacial score (nSPS) is 18.6. The summed E-state index contributed by atoms with van der Waals surface area (Å²) in [5.74, 6) is -1.58. The summed E-state index contributed by atoms with van der Waals surface area (Å²) in [5.41, 5.74) is 0. The van der Waals surface area contributed by atoms with E-state index in [1.807, 2.05) is 0 Å². The molecule has 1 fully saturated rings. The number of methoxy groups -OCH3 is 1. The second kappa shape index (κ2) is 4.19. The number of carbonyl (C=O) groups excluding carboxylic acids is 3. The standard InChI is InChI=1S/C8H11NO5/c1-14-8(13)5(10)4-9-6(11)2-3-7(9)12/h5,10H,2-4H2,1H3. The van der Waals surface area contributed by atoms with Crippen LogP contribution in [0.25, 0.3) is 0 Å². The number of aliphatic hydroxyl groups excluding tert-OH is 1. The van der Waals surface area contributed by atoms with Crippen molar-refractivity contribution in [1.29, 1.82) is 0 Å². The highest BCUT2D eigenvalue weighted by Crippen LogP contribution is 2.12. The monoisotopic (exact) mass is 201 g/mol. The number of ether oxygens (including phenoxy) is 1. The van der Waals surface area contributed by atoms with Gasteiger partial charge in [0, 0.05) is 12.8 Å². The highest BCUT2D eigenvalue weighted by atomic mass is 16.5. The molecule has 1 aliphatic rings. The van der Waals surface area contributed by atoms with E-state index in [4.69, 9.17) is 0 Å². The van der Waals surface area contributed by atoms with Gasteiger partial charge < -0.3 is 9.84 Å². The van der Waals surface area contributed by atoms with E-state index in [2.05, 4.69) is 4.74 Å². The summed E-state index contributed by atoms with van der Waals surface area (Å²) in [6.45, 7) is -0.315. The minimum Gasteiger partial charge on any atom is -0.467 e. The third-order valence-electron chi connectivity index (χ3n) is 1.98. The lowest BCUT2D eigenvalue weighted by Gasteiger charge is -2.16. The van der Waals surface area contributed by atoms with Gasteiger partial charge in [0.05, 0.1) is 13.7 Å². The Balaban J connectivity index is 2.55. The molecule has 1 saturated heterocycles. The van der Waals surface area contributed by atoms with Crippen LogP contribution >= 0.6 is 0 Å². The Morgan fingerprint density at radius 2 is 2.00 bits per heavy atom. The molecule has 78 valence electrons. The number of hydrogen-bond donors (Lipinski definition) is 1. The molecule has 14 heavy (non-hydrogen) atoms. The summed E-state index contributed by atoms with van der Waals surface area (Å²) in [7, 11) is 1.12. The predicted molar refractivity (Wildman–Crippen MR) is 44.0 cm³/mol. The molecule has 0 radical (unpaired) electrons. The molecule has 1 heterocycles. The molecule has 1 N–H and O–H groups in total. The molecule has 0 aromatic rings. The number of esters is 1. The van der Waals surface area contributed by atoms with E-state index in [0.717, 1.165) is 12.0 Å². The zero-order valence-electron chi connectivity index (χ0n) is 7.73. The van der Waals surface area contributed by atoms with E-state index in [1.54, 1.807) is 0 Å². The van der Waals surface area contributed by atoms with Crippen LogP contribution in [-0.4, -0.2) is 47.5 Å². The third-order valence-corrected chi connectivity index (χ3v) is 1.98. The lowest BCUT2D eigenvalue weighted by molar-refractivity contribution is -0.153. The van der Waals surface area contributed by atoms with Gasteiger partial charge in [-0.15, -0.1) is 0 Å². The number of imide groups is 1. The van der Waals surface area contributed by atoms with E-state index in [-0.39, 0.29) is 31.2 Å².